The van der Waals surface area contributed by atoms with Gasteiger partial charge >= 0.3 is 0 Å². The minimum atomic E-state index is -0.0684. The number of rotatable bonds is 3. The molecule has 2 atom stereocenters. The molecule has 2 unspecified atom stereocenters. The lowest BCUT2D eigenvalue weighted by Gasteiger charge is -2.18. The number of hydrogen-bond donors (Lipinski definition) is 2. The van der Waals surface area contributed by atoms with Gasteiger partial charge in [-0.1, -0.05) is 0 Å². The summed E-state index contributed by atoms with van der Waals surface area (Å²) in [5, 5.41) is 9.71. The van der Waals surface area contributed by atoms with Crippen LogP contribution < -0.4 is 10.5 Å². The lowest BCUT2D eigenvalue weighted by atomic mass is 10.0. The van der Waals surface area contributed by atoms with Gasteiger partial charge in [0, 0.05) is 24.7 Å². The van der Waals surface area contributed by atoms with Crippen molar-refractivity contribution in [1.29, 1.82) is 0 Å². The minimum Gasteiger partial charge on any atom is -0.504 e. The third-order valence-corrected chi connectivity index (χ3v) is 3.68. The number of hydrogen-bond acceptors (Lipinski definition) is 4. The number of ether oxygens (including phenoxy) is 1. The number of nitrogens with zero attached hydrogens (tertiary/aromatic N) is 1. The quantitative estimate of drug-likeness (QED) is 0.860. The van der Waals surface area contributed by atoms with Gasteiger partial charge in [0.1, 0.15) is 0 Å². The molecule has 1 heterocycles. The van der Waals surface area contributed by atoms with E-state index in [-0.39, 0.29) is 17.7 Å². The maximum Gasteiger partial charge on any atom is 0.254 e. The fraction of sp³-hybridized carbons (Fsp3) is 0.500. The highest BCUT2D eigenvalue weighted by Gasteiger charge is 2.29. The van der Waals surface area contributed by atoms with Crippen LogP contribution in [0.3, 0.4) is 0 Å². The molecule has 0 bridgehead atoms. The molecule has 3 N–H and O–H groups in total. The Labute approximate surface area is 113 Å². The zero-order valence-corrected chi connectivity index (χ0v) is 11.3. The summed E-state index contributed by atoms with van der Waals surface area (Å²) in [6, 6.07) is 4.81. The van der Waals surface area contributed by atoms with E-state index < -0.39 is 0 Å². The van der Waals surface area contributed by atoms with Gasteiger partial charge in [0.2, 0.25) is 0 Å². The summed E-state index contributed by atoms with van der Waals surface area (Å²) in [5.74, 6) is 0.639. The molecular formula is C14H20N2O3. The van der Waals surface area contributed by atoms with Crippen LogP contribution in [-0.4, -0.2) is 42.2 Å². The topological polar surface area (TPSA) is 75.8 Å². The lowest BCUT2D eigenvalue weighted by molar-refractivity contribution is 0.0785. The first-order chi connectivity index (χ1) is 9.02. The van der Waals surface area contributed by atoms with Crippen molar-refractivity contribution >= 4 is 5.91 Å². The third-order valence-electron chi connectivity index (χ3n) is 3.68. The van der Waals surface area contributed by atoms with Gasteiger partial charge in [0.15, 0.2) is 11.5 Å². The predicted octanol–water partition coefficient (Wildman–Crippen LogP) is 1.21. The zero-order valence-electron chi connectivity index (χ0n) is 11.3. The zero-order chi connectivity index (χ0) is 14.0. The van der Waals surface area contributed by atoms with Crippen molar-refractivity contribution in [3.63, 3.8) is 0 Å². The van der Waals surface area contributed by atoms with Crippen molar-refractivity contribution < 1.29 is 14.6 Å². The number of carbonyl (C=O) groups excluding carboxylic acids is 1. The van der Waals surface area contributed by atoms with Gasteiger partial charge in [-0.15, -0.1) is 0 Å². The Kier molecular flexibility index (Phi) is 3.95. The van der Waals surface area contributed by atoms with Crippen LogP contribution in [0.5, 0.6) is 11.5 Å². The number of phenols is 1. The lowest BCUT2D eigenvalue weighted by Crippen LogP contribution is -2.32. The fourth-order valence-electron chi connectivity index (χ4n) is 2.41. The Morgan fingerprint density at radius 3 is 2.84 bits per heavy atom. The fourth-order valence-corrected chi connectivity index (χ4v) is 2.41. The van der Waals surface area contributed by atoms with E-state index in [1.54, 1.807) is 17.0 Å². The molecule has 0 radical (unpaired) electrons. The molecule has 1 saturated heterocycles. The Bertz CT molecular complexity index is 474. The molecule has 5 nitrogen and oxygen atoms in total. The molecule has 19 heavy (non-hydrogen) atoms. The molecule has 1 aliphatic rings. The molecule has 0 saturated carbocycles. The van der Waals surface area contributed by atoms with Crippen LogP contribution in [0.1, 0.15) is 23.7 Å². The van der Waals surface area contributed by atoms with Gasteiger partial charge in [-0.2, -0.15) is 0 Å². The van der Waals surface area contributed by atoms with Crippen LogP contribution in [0.25, 0.3) is 0 Å². The first kappa shape index (κ1) is 13.7. The van der Waals surface area contributed by atoms with Crippen molar-refractivity contribution in [2.45, 2.75) is 19.4 Å². The van der Waals surface area contributed by atoms with Gasteiger partial charge in [-0.3, -0.25) is 4.79 Å². The smallest absolute Gasteiger partial charge is 0.254 e. The number of nitrogens with two attached hydrogens (primary N) is 1. The molecule has 1 aromatic carbocycles. The number of phenolic OH excluding ortho intramolecular Hbond substituents is 1. The Morgan fingerprint density at radius 2 is 2.32 bits per heavy atom. The first-order valence-electron chi connectivity index (χ1n) is 6.44. The van der Waals surface area contributed by atoms with E-state index in [0.29, 0.717) is 23.8 Å². The summed E-state index contributed by atoms with van der Waals surface area (Å²) >= 11 is 0. The van der Waals surface area contributed by atoms with Crippen molar-refractivity contribution in [1.82, 2.24) is 4.90 Å². The SMILES string of the molecule is COc1ccc(C(=O)N2CCC(C(C)N)C2)cc1O. The van der Waals surface area contributed by atoms with E-state index in [9.17, 15) is 9.90 Å². The van der Waals surface area contributed by atoms with Crippen LogP contribution in [0.4, 0.5) is 0 Å². The monoisotopic (exact) mass is 264 g/mol. The second kappa shape index (κ2) is 5.48. The van der Waals surface area contributed by atoms with Gasteiger partial charge in [-0.25, -0.2) is 0 Å². The van der Waals surface area contributed by atoms with Crippen molar-refractivity contribution in [3.8, 4) is 11.5 Å². The Morgan fingerprint density at radius 1 is 1.58 bits per heavy atom. The number of aromatic hydroxyl groups is 1. The molecule has 0 spiro atoms. The largest absolute Gasteiger partial charge is 0.504 e. The normalized spacial score (nSPS) is 20.4. The first-order valence-corrected chi connectivity index (χ1v) is 6.44. The maximum absolute atomic E-state index is 12.3. The average molecular weight is 264 g/mol. The van der Waals surface area contributed by atoms with Crippen LogP contribution in [-0.2, 0) is 0 Å². The number of benzene rings is 1. The van der Waals surface area contributed by atoms with Gasteiger partial charge in [-0.05, 0) is 37.5 Å². The molecule has 5 heteroatoms. The van der Waals surface area contributed by atoms with Gasteiger partial charge in [0.25, 0.3) is 5.91 Å². The van der Waals surface area contributed by atoms with E-state index >= 15 is 0 Å². The summed E-state index contributed by atoms with van der Waals surface area (Å²) in [4.78, 5) is 14.1. The van der Waals surface area contributed by atoms with Crippen LogP contribution in [0, 0.1) is 5.92 Å². The summed E-state index contributed by atoms with van der Waals surface area (Å²) in [6.07, 6.45) is 0.936. The molecule has 104 valence electrons. The average Bonchev–Trinajstić information content (AvgIpc) is 2.87. The molecule has 1 aromatic rings. The van der Waals surface area contributed by atoms with E-state index in [0.717, 1.165) is 13.0 Å². The standard InChI is InChI=1S/C14H20N2O3/c1-9(15)11-5-6-16(8-11)14(18)10-3-4-13(19-2)12(17)7-10/h3-4,7,9,11,17H,5-6,8,15H2,1-2H3. The summed E-state index contributed by atoms with van der Waals surface area (Å²) < 4.78 is 4.96. The Hall–Kier alpha value is -1.75. The number of methoxy groups -OCH3 is 1. The number of amides is 1. The predicted molar refractivity (Wildman–Crippen MR) is 72.3 cm³/mol. The summed E-state index contributed by atoms with van der Waals surface area (Å²) in [7, 11) is 1.48. The van der Waals surface area contributed by atoms with Gasteiger partial charge in [0.05, 0.1) is 7.11 Å². The highest BCUT2D eigenvalue weighted by Crippen LogP contribution is 2.28. The van der Waals surface area contributed by atoms with Gasteiger partial charge < -0.3 is 20.5 Å². The van der Waals surface area contributed by atoms with Crippen LogP contribution >= 0.6 is 0 Å². The molecule has 0 aromatic heterocycles. The minimum absolute atomic E-state index is 0.0173. The van der Waals surface area contributed by atoms with E-state index in [4.69, 9.17) is 10.5 Å². The number of likely N-dealkylation sites (tertiary alicyclic amines) is 1. The summed E-state index contributed by atoms with van der Waals surface area (Å²) in [5.41, 5.74) is 6.34. The summed E-state index contributed by atoms with van der Waals surface area (Å²) in [6.45, 7) is 3.37. The van der Waals surface area contributed by atoms with E-state index in [1.165, 1.54) is 13.2 Å². The second-order valence-corrected chi connectivity index (χ2v) is 5.05. The van der Waals surface area contributed by atoms with Crippen molar-refractivity contribution in [3.05, 3.63) is 23.8 Å². The highest BCUT2D eigenvalue weighted by molar-refractivity contribution is 5.95. The molecule has 0 aliphatic carbocycles. The number of carbonyl (C=O) groups is 1. The molecule has 2 rings (SSSR count). The Balaban J connectivity index is 2.10. The highest BCUT2D eigenvalue weighted by atomic mass is 16.5. The molecule has 1 fully saturated rings. The third kappa shape index (κ3) is 2.81. The maximum atomic E-state index is 12.3. The molecule has 1 amide bonds. The van der Waals surface area contributed by atoms with E-state index in [2.05, 4.69) is 0 Å². The van der Waals surface area contributed by atoms with E-state index in [1.807, 2.05) is 6.92 Å². The van der Waals surface area contributed by atoms with Crippen molar-refractivity contribution in [2.24, 2.45) is 11.7 Å². The van der Waals surface area contributed by atoms with Crippen LogP contribution in [0.15, 0.2) is 18.2 Å². The van der Waals surface area contributed by atoms with Crippen LogP contribution in [0.2, 0.25) is 0 Å². The molecular weight excluding hydrogens is 244 g/mol. The second-order valence-electron chi connectivity index (χ2n) is 5.05. The van der Waals surface area contributed by atoms with Crippen molar-refractivity contribution in [2.75, 3.05) is 20.2 Å². The molecule has 1 aliphatic heterocycles.